The monoisotopic (exact) mass is 226 g/mol. The Morgan fingerprint density at radius 2 is 1.50 bits per heavy atom. The Hall–Kier alpha value is -0.660. The van der Waals surface area contributed by atoms with E-state index in [0.717, 1.165) is 12.8 Å². The number of hydrogen-bond acceptors (Lipinski definition) is 2. The molecule has 16 heavy (non-hydrogen) atoms. The fraction of sp³-hybridized carbons (Fsp3) is 0.857. The second-order valence-electron chi connectivity index (χ2n) is 4.77. The lowest BCUT2D eigenvalue weighted by Crippen LogP contribution is -2.14. The standard InChI is InChI=1S/C14H26O2/c1-4-5-6-7-8-9-10-14(13(3)16)11-12(2)15/h14H,4-11H2,1-3H3. The molecule has 0 spiro atoms. The first kappa shape index (κ1) is 15.3. The number of rotatable bonds is 10. The maximum Gasteiger partial charge on any atom is 0.133 e. The van der Waals surface area contributed by atoms with Gasteiger partial charge in [0.15, 0.2) is 0 Å². The Balaban J connectivity index is 3.60. The summed E-state index contributed by atoms with van der Waals surface area (Å²) in [4.78, 5) is 22.3. The van der Waals surface area contributed by atoms with Crippen molar-refractivity contribution in [3.05, 3.63) is 0 Å². The first-order valence-corrected chi connectivity index (χ1v) is 6.57. The van der Waals surface area contributed by atoms with E-state index in [1.165, 1.54) is 32.1 Å². The normalized spacial score (nSPS) is 12.4. The van der Waals surface area contributed by atoms with Crippen molar-refractivity contribution in [2.75, 3.05) is 0 Å². The SMILES string of the molecule is CCCCCCCCC(CC(C)=O)C(C)=O. The van der Waals surface area contributed by atoms with Gasteiger partial charge >= 0.3 is 0 Å². The molecule has 0 fully saturated rings. The van der Waals surface area contributed by atoms with Crippen LogP contribution in [0.25, 0.3) is 0 Å². The lowest BCUT2D eigenvalue weighted by Gasteiger charge is -2.11. The van der Waals surface area contributed by atoms with Crippen molar-refractivity contribution in [1.82, 2.24) is 0 Å². The second-order valence-corrected chi connectivity index (χ2v) is 4.77. The maximum atomic E-state index is 11.3. The van der Waals surface area contributed by atoms with Crippen molar-refractivity contribution in [2.45, 2.75) is 72.1 Å². The Labute approximate surface area is 99.8 Å². The number of carbonyl (C=O) groups is 2. The largest absolute Gasteiger partial charge is 0.300 e. The molecule has 0 heterocycles. The van der Waals surface area contributed by atoms with Crippen LogP contribution in [0.2, 0.25) is 0 Å². The number of unbranched alkanes of at least 4 members (excludes halogenated alkanes) is 5. The zero-order chi connectivity index (χ0) is 12.4. The van der Waals surface area contributed by atoms with Gasteiger partial charge in [-0.25, -0.2) is 0 Å². The van der Waals surface area contributed by atoms with Gasteiger partial charge in [-0.1, -0.05) is 45.4 Å². The highest BCUT2D eigenvalue weighted by atomic mass is 16.1. The lowest BCUT2D eigenvalue weighted by atomic mass is 9.92. The molecule has 0 aliphatic rings. The summed E-state index contributed by atoms with van der Waals surface area (Å²) in [7, 11) is 0. The van der Waals surface area contributed by atoms with Crippen molar-refractivity contribution in [2.24, 2.45) is 5.92 Å². The summed E-state index contributed by atoms with van der Waals surface area (Å²) in [6, 6.07) is 0. The predicted molar refractivity (Wildman–Crippen MR) is 67.5 cm³/mol. The third kappa shape index (κ3) is 8.63. The molecule has 0 aliphatic heterocycles. The summed E-state index contributed by atoms with van der Waals surface area (Å²) in [6.07, 6.45) is 8.74. The van der Waals surface area contributed by atoms with Crippen LogP contribution >= 0.6 is 0 Å². The van der Waals surface area contributed by atoms with Crippen LogP contribution in [0.15, 0.2) is 0 Å². The Kier molecular flexibility index (Phi) is 9.16. The van der Waals surface area contributed by atoms with Crippen LogP contribution in [0.5, 0.6) is 0 Å². The van der Waals surface area contributed by atoms with Crippen molar-refractivity contribution in [1.29, 1.82) is 0 Å². The van der Waals surface area contributed by atoms with E-state index in [2.05, 4.69) is 6.92 Å². The van der Waals surface area contributed by atoms with E-state index < -0.39 is 0 Å². The second kappa shape index (κ2) is 9.56. The number of hydrogen-bond donors (Lipinski definition) is 0. The fourth-order valence-electron chi connectivity index (χ4n) is 1.97. The van der Waals surface area contributed by atoms with Gasteiger partial charge in [0, 0.05) is 12.3 Å². The van der Waals surface area contributed by atoms with Crippen LogP contribution < -0.4 is 0 Å². The Morgan fingerprint density at radius 3 is 2.00 bits per heavy atom. The molecule has 0 aromatic carbocycles. The first-order valence-electron chi connectivity index (χ1n) is 6.57. The van der Waals surface area contributed by atoms with Gasteiger partial charge in [-0.05, 0) is 20.3 Å². The van der Waals surface area contributed by atoms with Gasteiger partial charge in [-0.15, -0.1) is 0 Å². The molecule has 0 radical (unpaired) electrons. The van der Waals surface area contributed by atoms with Gasteiger partial charge in [0.2, 0.25) is 0 Å². The van der Waals surface area contributed by atoms with E-state index in [4.69, 9.17) is 0 Å². The van der Waals surface area contributed by atoms with Crippen LogP contribution in [-0.2, 0) is 9.59 Å². The van der Waals surface area contributed by atoms with Crippen molar-refractivity contribution in [3.8, 4) is 0 Å². The highest BCUT2D eigenvalue weighted by molar-refractivity contribution is 5.85. The molecule has 0 rings (SSSR count). The Bertz CT molecular complexity index is 209. The zero-order valence-electron chi connectivity index (χ0n) is 11.1. The van der Waals surface area contributed by atoms with E-state index in [1.54, 1.807) is 13.8 Å². The molecular weight excluding hydrogens is 200 g/mol. The average Bonchev–Trinajstić information content (AvgIpc) is 2.20. The summed E-state index contributed by atoms with van der Waals surface area (Å²) in [5.74, 6) is 0.276. The van der Waals surface area contributed by atoms with Crippen LogP contribution in [0, 0.1) is 5.92 Å². The molecule has 0 aromatic rings. The topological polar surface area (TPSA) is 34.1 Å². The molecule has 2 nitrogen and oxygen atoms in total. The molecule has 0 N–H and O–H groups in total. The number of Topliss-reactive ketones (excluding diaryl/α,β-unsaturated/α-hetero) is 2. The third-order valence-corrected chi connectivity index (χ3v) is 3.01. The van der Waals surface area contributed by atoms with E-state index >= 15 is 0 Å². The van der Waals surface area contributed by atoms with Crippen LogP contribution in [0.3, 0.4) is 0 Å². The minimum absolute atomic E-state index is 0.0244. The minimum atomic E-state index is -0.0244. The Morgan fingerprint density at radius 1 is 0.938 bits per heavy atom. The van der Waals surface area contributed by atoms with Crippen LogP contribution in [0.1, 0.15) is 72.1 Å². The molecule has 0 saturated carbocycles. The molecule has 1 unspecified atom stereocenters. The molecule has 94 valence electrons. The van der Waals surface area contributed by atoms with Crippen LogP contribution in [0.4, 0.5) is 0 Å². The summed E-state index contributed by atoms with van der Waals surface area (Å²) >= 11 is 0. The van der Waals surface area contributed by atoms with Crippen molar-refractivity contribution in [3.63, 3.8) is 0 Å². The van der Waals surface area contributed by atoms with Crippen molar-refractivity contribution < 1.29 is 9.59 Å². The molecular formula is C14H26O2. The van der Waals surface area contributed by atoms with E-state index in [1.807, 2.05) is 0 Å². The van der Waals surface area contributed by atoms with Gasteiger partial charge in [-0.2, -0.15) is 0 Å². The summed E-state index contributed by atoms with van der Waals surface area (Å²) in [6.45, 7) is 5.38. The average molecular weight is 226 g/mol. The molecule has 0 saturated heterocycles. The smallest absolute Gasteiger partial charge is 0.133 e. The molecule has 1 atom stereocenters. The van der Waals surface area contributed by atoms with E-state index in [0.29, 0.717) is 6.42 Å². The van der Waals surface area contributed by atoms with E-state index in [9.17, 15) is 9.59 Å². The van der Waals surface area contributed by atoms with Gasteiger partial charge in [0.1, 0.15) is 11.6 Å². The van der Waals surface area contributed by atoms with Crippen molar-refractivity contribution >= 4 is 11.6 Å². The number of ketones is 2. The highest BCUT2D eigenvalue weighted by Crippen LogP contribution is 2.16. The number of carbonyl (C=O) groups excluding carboxylic acids is 2. The molecule has 0 aliphatic carbocycles. The summed E-state index contributed by atoms with van der Waals surface area (Å²) in [5, 5.41) is 0. The zero-order valence-corrected chi connectivity index (χ0v) is 11.1. The maximum absolute atomic E-state index is 11.3. The fourth-order valence-corrected chi connectivity index (χ4v) is 1.97. The summed E-state index contributed by atoms with van der Waals surface area (Å²) in [5.41, 5.74) is 0. The van der Waals surface area contributed by atoms with Gasteiger partial charge in [0.05, 0.1) is 0 Å². The predicted octanol–water partition coefficient (Wildman–Crippen LogP) is 3.92. The van der Waals surface area contributed by atoms with E-state index in [-0.39, 0.29) is 17.5 Å². The summed E-state index contributed by atoms with van der Waals surface area (Å²) < 4.78 is 0. The van der Waals surface area contributed by atoms with Gasteiger partial charge < -0.3 is 4.79 Å². The molecule has 0 aromatic heterocycles. The van der Waals surface area contributed by atoms with Gasteiger partial charge in [-0.3, -0.25) is 4.79 Å². The van der Waals surface area contributed by atoms with Gasteiger partial charge in [0.25, 0.3) is 0 Å². The minimum Gasteiger partial charge on any atom is -0.300 e. The first-order chi connectivity index (χ1) is 7.57. The highest BCUT2D eigenvalue weighted by Gasteiger charge is 2.15. The third-order valence-electron chi connectivity index (χ3n) is 3.01. The van der Waals surface area contributed by atoms with Crippen LogP contribution in [-0.4, -0.2) is 11.6 Å². The molecule has 2 heteroatoms. The molecule has 0 bridgehead atoms. The quantitative estimate of drug-likeness (QED) is 0.529. The molecule has 0 amide bonds. The lowest BCUT2D eigenvalue weighted by molar-refractivity contribution is -0.126.